The number of anilines is 4. The lowest BCUT2D eigenvalue weighted by atomic mass is 9.87. The van der Waals surface area contributed by atoms with Crippen LogP contribution in [0, 0.1) is 19.8 Å². The molecule has 0 bridgehead atoms. The molecule has 166 valence electrons. The Kier molecular flexibility index (Phi) is 5.62. The van der Waals surface area contributed by atoms with Crippen molar-refractivity contribution in [2.45, 2.75) is 39.8 Å². The van der Waals surface area contributed by atoms with Crippen molar-refractivity contribution >= 4 is 28.9 Å². The first-order valence-corrected chi connectivity index (χ1v) is 10.3. The van der Waals surface area contributed by atoms with Gasteiger partial charge in [0.1, 0.15) is 5.82 Å². The second-order valence-corrected chi connectivity index (χ2v) is 8.36. The Morgan fingerprint density at radius 2 is 1.66 bits per heavy atom. The van der Waals surface area contributed by atoms with Gasteiger partial charge in [-0.1, -0.05) is 19.1 Å². The van der Waals surface area contributed by atoms with Crippen LogP contribution in [-0.2, 0) is 12.6 Å². The van der Waals surface area contributed by atoms with E-state index in [2.05, 4.69) is 20.6 Å². The number of benzene rings is 2. The fourth-order valence-corrected chi connectivity index (χ4v) is 4.00. The molecule has 0 amide bonds. The fourth-order valence-electron chi connectivity index (χ4n) is 4.00. The molecule has 1 heterocycles. The van der Waals surface area contributed by atoms with Crippen LogP contribution in [0.4, 0.5) is 36.3 Å². The van der Waals surface area contributed by atoms with E-state index >= 15 is 0 Å². The highest BCUT2D eigenvalue weighted by Gasteiger charge is 2.31. The number of carbonyl (C=O) groups excluding carboxylic acids is 1. The Morgan fingerprint density at radius 3 is 2.34 bits per heavy atom. The van der Waals surface area contributed by atoms with Gasteiger partial charge in [0.05, 0.1) is 16.8 Å². The summed E-state index contributed by atoms with van der Waals surface area (Å²) in [5.41, 5.74) is 3.36. The quantitative estimate of drug-likeness (QED) is 0.494. The molecule has 1 aliphatic rings. The molecule has 1 unspecified atom stereocenters. The van der Waals surface area contributed by atoms with E-state index in [0.29, 0.717) is 29.9 Å². The number of nitrogens with zero attached hydrogens (tertiary/aromatic N) is 2. The molecule has 1 atom stereocenters. The van der Waals surface area contributed by atoms with Crippen LogP contribution in [0.2, 0.25) is 0 Å². The van der Waals surface area contributed by atoms with Crippen LogP contribution in [0.5, 0.6) is 0 Å². The standard InChI is InChI=1S/C24H23F3N4O/c1-13-7-14(2)9-18(8-13)28-22-21-19(10-15(3)11-20(21)32)30-23(31-22)29-17-6-4-5-16(12-17)24(25,26)27/h4-9,12,15H,10-11H2,1-3H3,(H2,28,29,30,31). The first-order valence-electron chi connectivity index (χ1n) is 10.3. The molecule has 1 aliphatic carbocycles. The summed E-state index contributed by atoms with van der Waals surface area (Å²) in [7, 11) is 0. The first-order chi connectivity index (χ1) is 15.1. The third kappa shape index (κ3) is 4.74. The van der Waals surface area contributed by atoms with Gasteiger partial charge in [0.25, 0.3) is 0 Å². The lowest BCUT2D eigenvalue weighted by Gasteiger charge is -2.23. The number of alkyl halides is 3. The molecule has 3 aromatic rings. The minimum atomic E-state index is -4.45. The number of rotatable bonds is 4. The normalized spacial score (nSPS) is 15.9. The second kappa shape index (κ2) is 8.26. The summed E-state index contributed by atoms with van der Waals surface area (Å²) >= 11 is 0. The maximum Gasteiger partial charge on any atom is 0.416 e. The number of hydrogen-bond donors (Lipinski definition) is 2. The zero-order valence-electron chi connectivity index (χ0n) is 18.0. The Hall–Kier alpha value is -3.42. The van der Waals surface area contributed by atoms with Crippen LogP contribution in [0.15, 0.2) is 42.5 Å². The molecule has 4 rings (SSSR count). The summed E-state index contributed by atoms with van der Waals surface area (Å²) < 4.78 is 39.2. The van der Waals surface area contributed by atoms with Gasteiger partial charge in [-0.05, 0) is 67.6 Å². The highest BCUT2D eigenvalue weighted by molar-refractivity contribution is 6.03. The van der Waals surface area contributed by atoms with E-state index in [1.807, 2.05) is 39.0 Å². The predicted octanol–water partition coefficient (Wildman–Crippen LogP) is 6.36. The summed E-state index contributed by atoms with van der Waals surface area (Å²) in [5.74, 6) is 0.569. The molecule has 0 aliphatic heterocycles. The van der Waals surface area contributed by atoms with E-state index < -0.39 is 11.7 Å². The fraction of sp³-hybridized carbons (Fsp3) is 0.292. The van der Waals surface area contributed by atoms with E-state index in [4.69, 9.17) is 0 Å². The van der Waals surface area contributed by atoms with E-state index in [0.717, 1.165) is 28.9 Å². The number of ketones is 1. The molecule has 0 spiro atoms. The van der Waals surface area contributed by atoms with Crippen molar-refractivity contribution in [1.29, 1.82) is 0 Å². The highest BCUT2D eigenvalue weighted by Crippen LogP contribution is 2.34. The molecule has 0 fully saturated rings. The molecular weight excluding hydrogens is 417 g/mol. The van der Waals surface area contributed by atoms with Crippen molar-refractivity contribution in [3.05, 3.63) is 70.4 Å². The third-order valence-electron chi connectivity index (χ3n) is 5.27. The maximum atomic E-state index is 13.1. The zero-order chi connectivity index (χ0) is 23.0. The van der Waals surface area contributed by atoms with Gasteiger partial charge in [0.15, 0.2) is 5.78 Å². The minimum Gasteiger partial charge on any atom is -0.339 e. The summed E-state index contributed by atoms with van der Waals surface area (Å²) in [5, 5.41) is 6.10. The van der Waals surface area contributed by atoms with Crippen LogP contribution in [0.3, 0.4) is 0 Å². The largest absolute Gasteiger partial charge is 0.416 e. The molecule has 2 aromatic carbocycles. The summed E-state index contributed by atoms with van der Waals surface area (Å²) in [6.45, 7) is 5.92. The minimum absolute atomic E-state index is 0.0451. The summed E-state index contributed by atoms with van der Waals surface area (Å²) in [6.07, 6.45) is -3.47. The van der Waals surface area contributed by atoms with Crippen molar-refractivity contribution in [3.8, 4) is 0 Å². The Labute approximate surface area is 184 Å². The van der Waals surface area contributed by atoms with Gasteiger partial charge < -0.3 is 10.6 Å². The van der Waals surface area contributed by atoms with Gasteiger partial charge >= 0.3 is 6.18 Å². The topological polar surface area (TPSA) is 66.9 Å². The van der Waals surface area contributed by atoms with Crippen LogP contribution in [-0.4, -0.2) is 15.8 Å². The molecule has 32 heavy (non-hydrogen) atoms. The molecule has 0 saturated heterocycles. The number of Topliss-reactive ketones (excluding diaryl/α,β-unsaturated/α-hetero) is 1. The Morgan fingerprint density at radius 1 is 0.938 bits per heavy atom. The Balaban J connectivity index is 1.75. The molecule has 5 nitrogen and oxygen atoms in total. The SMILES string of the molecule is Cc1cc(C)cc(Nc2nc(Nc3cccc(C(F)(F)F)c3)nc3c2C(=O)CC(C)C3)c1. The van der Waals surface area contributed by atoms with Gasteiger partial charge in [-0.25, -0.2) is 4.98 Å². The van der Waals surface area contributed by atoms with Crippen molar-refractivity contribution in [1.82, 2.24) is 9.97 Å². The van der Waals surface area contributed by atoms with Crippen molar-refractivity contribution < 1.29 is 18.0 Å². The number of aryl methyl sites for hydroxylation is 2. The lowest BCUT2D eigenvalue weighted by molar-refractivity contribution is -0.137. The predicted molar refractivity (Wildman–Crippen MR) is 118 cm³/mol. The lowest BCUT2D eigenvalue weighted by Crippen LogP contribution is -2.22. The smallest absolute Gasteiger partial charge is 0.339 e. The monoisotopic (exact) mass is 440 g/mol. The molecule has 2 N–H and O–H groups in total. The third-order valence-corrected chi connectivity index (χ3v) is 5.27. The van der Waals surface area contributed by atoms with Crippen LogP contribution in [0.25, 0.3) is 0 Å². The number of halogens is 3. The van der Waals surface area contributed by atoms with Gasteiger partial charge in [0.2, 0.25) is 5.95 Å². The average Bonchev–Trinajstić information content (AvgIpc) is 2.66. The Bertz CT molecular complexity index is 1170. The van der Waals surface area contributed by atoms with Crippen molar-refractivity contribution in [2.24, 2.45) is 5.92 Å². The average molecular weight is 440 g/mol. The van der Waals surface area contributed by atoms with Crippen LogP contribution >= 0.6 is 0 Å². The molecular formula is C24H23F3N4O. The van der Waals surface area contributed by atoms with E-state index in [-0.39, 0.29) is 23.3 Å². The number of carbonyl (C=O) groups is 1. The van der Waals surface area contributed by atoms with E-state index in [1.54, 1.807) is 0 Å². The van der Waals surface area contributed by atoms with Crippen molar-refractivity contribution in [3.63, 3.8) is 0 Å². The number of aromatic nitrogens is 2. The maximum absolute atomic E-state index is 13.1. The first kappa shape index (κ1) is 21.8. The van der Waals surface area contributed by atoms with Gasteiger partial charge in [-0.3, -0.25) is 4.79 Å². The molecule has 0 saturated carbocycles. The zero-order valence-corrected chi connectivity index (χ0v) is 18.0. The van der Waals surface area contributed by atoms with Crippen molar-refractivity contribution in [2.75, 3.05) is 10.6 Å². The second-order valence-electron chi connectivity index (χ2n) is 8.36. The highest BCUT2D eigenvalue weighted by atomic mass is 19.4. The van der Waals surface area contributed by atoms with Gasteiger partial charge in [-0.15, -0.1) is 0 Å². The van der Waals surface area contributed by atoms with E-state index in [1.165, 1.54) is 12.1 Å². The van der Waals surface area contributed by atoms with Crippen LogP contribution < -0.4 is 10.6 Å². The summed E-state index contributed by atoms with van der Waals surface area (Å²) in [6, 6.07) is 10.8. The molecule has 1 aromatic heterocycles. The molecule has 8 heteroatoms. The number of hydrogen-bond acceptors (Lipinski definition) is 5. The number of nitrogens with one attached hydrogen (secondary N) is 2. The molecule has 0 radical (unpaired) electrons. The van der Waals surface area contributed by atoms with E-state index in [9.17, 15) is 18.0 Å². The number of fused-ring (bicyclic) bond motifs is 1. The van der Waals surface area contributed by atoms with Gasteiger partial charge in [0, 0.05) is 17.8 Å². The van der Waals surface area contributed by atoms with Crippen LogP contribution in [0.1, 0.15) is 46.1 Å². The summed E-state index contributed by atoms with van der Waals surface area (Å²) in [4.78, 5) is 21.7. The van der Waals surface area contributed by atoms with Gasteiger partial charge in [-0.2, -0.15) is 18.2 Å².